The SMILES string of the molecule is CC(=O)/C(=C\c1cccc(S(C)(=O)=O)c1)C(=O)OCCOc1ccccc1. The summed E-state index contributed by atoms with van der Waals surface area (Å²) in [4.78, 5) is 24.1. The van der Waals surface area contributed by atoms with Crippen molar-refractivity contribution in [2.24, 2.45) is 0 Å². The lowest BCUT2D eigenvalue weighted by atomic mass is 10.1. The van der Waals surface area contributed by atoms with Crippen molar-refractivity contribution in [1.29, 1.82) is 0 Å². The van der Waals surface area contributed by atoms with Crippen LogP contribution in [0.4, 0.5) is 0 Å². The molecule has 0 bridgehead atoms. The molecule has 0 aliphatic rings. The summed E-state index contributed by atoms with van der Waals surface area (Å²) in [5, 5.41) is 0. The van der Waals surface area contributed by atoms with Gasteiger partial charge in [0.2, 0.25) is 0 Å². The van der Waals surface area contributed by atoms with E-state index in [9.17, 15) is 18.0 Å². The molecule has 0 aliphatic carbocycles. The zero-order valence-corrected chi connectivity index (χ0v) is 15.9. The maximum absolute atomic E-state index is 12.2. The highest BCUT2D eigenvalue weighted by molar-refractivity contribution is 7.90. The fraction of sp³-hybridized carbons (Fsp3) is 0.200. The number of para-hydroxylation sites is 1. The fourth-order valence-electron chi connectivity index (χ4n) is 2.19. The topological polar surface area (TPSA) is 86.7 Å². The summed E-state index contributed by atoms with van der Waals surface area (Å²) in [6, 6.07) is 15.0. The van der Waals surface area contributed by atoms with Gasteiger partial charge in [0.1, 0.15) is 24.5 Å². The molecule has 0 amide bonds. The first-order valence-corrected chi connectivity index (χ1v) is 10.0. The highest BCUT2D eigenvalue weighted by Gasteiger charge is 2.17. The Labute approximate surface area is 158 Å². The van der Waals surface area contributed by atoms with Crippen LogP contribution in [0.2, 0.25) is 0 Å². The summed E-state index contributed by atoms with van der Waals surface area (Å²) in [5.74, 6) is -0.619. The van der Waals surface area contributed by atoms with Gasteiger partial charge in [0, 0.05) is 6.26 Å². The van der Waals surface area contributed by atoms with Crippen LogP contribution in [0.5, 0.6) is 5.75 Å². The quantitative estimate of drug-likeness (QED) is 0.227. The third kappa shape index (κ3) is 6.38. The Hall–Kier alpha value is -2.93. The zero-order valence-electron chi connectivity index (χ0n) is 15.0. The first-order chi connectivity index (χ1) is 12.8. The summed E-state index contributed by atoms with van der Waals surface area (Å²) in [6.07, 6.45) is 2.40. The number of hydrogen-bond donors (Lipinski definition) is 0. The minimum atomic E-state index is -3.39. The molecule has 0 heterocycles. The van der Waals surface area contributed by atoms with Crippen molar-refractivity contribution < 1.29 is 27.5 Å². The first-order valence-electron chi connectivity index (χ1n) is 8.15. The molecular formula is C20H20O6S. The van der Waals surface area contributed by atoms with Crippen LogP contribution in [0.25, 0.3) is 6.08 Å². The van der Waals surface area contributed by atoms with Crippen LogP contribution in [0.3, 0.4) is 0 Å². The summed E-state index contributed by atoms with van der Waals surface area (Å²) < 4.78 is 33.8. The molecule has 0 unspecified atom stereocenters. The van der Waals surface area contributed by atoms with Gasteiger partial charge in [0.05, 0.1) is 4.90 Å². The van der Waals surface area contributed by atoms with Gasteiger partial charge < -0.3 is 9.47 Å². The van der Waals surface area contributed by atoms with Crippen LogP contribution in [-0.2, 0) is 24.2 Å². The van der Waals surface area contributed by atoms with Crippen LogP contribution in [0.15, 0.2) is 65.1 Å². The minimum Gasteiger partial charge on any atom is -0.490 e. The molecule has 0 fully saturated rings. The first kappa shape index (κ1) is 20.4. The number of ether oxygens (including phenoxy) is 2. The molecule has 2 aromatic rings. The second-order valence-electron chi connectivity index (χ2n) is 5.76. The van der Waals surface area contributed by atoms with Crippen LogP contribution < -0.4 is 4.74 Å². The van der Waals surface area contributed by atoms with Crippen molar-refractivity contribution >= 4 is 27.7 Å². The number of rotatable bonds is 8. The molecule has 6 nitrogen and oxygen atoms in total. The lowest BCUT2D eigenvalue weighted by Crippen LogP contribution is -2.17. The fourth-order valence-corrected chi connectivity index (χ4v) is 2.87. The lowest BCUT2D eigenvalue weighted by molar-refractivity contribution is -0.140. The number of esters is 1. The molecule has 2 aromatic carbocycles. The number of ketones is 1. The average molecular weight is 388 g/mol. The number of carbonyl (C=O) groups excluding carboxylic acids is 2. The standard InChI is InChI=1S/C20H20O6S/c1-15(21)19(14-16-7-6-10-18(13-16)27(2,23)24)20(22)26-12-11-25-17-8-4-3-5-9-17/h3-10,13-14H,11-12H2,1-2H3/b19-14+. The molecule has 142 valence electrons. The summed E-state index contributed by atoms with van der Waals surface area (Å²) in [6.45, 7) is 1.36. The minimum absolute atomic E-state index is 0.0261. The maximum Gasteiger partial charge on any atom is 0.341 e. The third-order valence-electron chi connectivity index (χ3n) is 3.52. The molecule has 0 N–H and O–H groups in total. The molecule has 0 aromatic heterocycles. The zero-order chi connectivity index (χ0) is 19.9. The van der Waals surface area contributed by atoms with Gasteiger partial charge in [-0.25, -0.2) is 13.2 Å². The van der Waals surface area contributed by atoms with Crippen molar-refractivity contribution in [3.63, 3.8) is 0 Å². The van der Waals surface area contributed by atoms with E-state index in [0.29, 0.717) is 11.3 Å². The normalized spacial score (nSPS) is 11.7. The van der Waals surface area contributed by atoms with E-state index in [0.717, 1.165) is 6.26 Å². The summed E-state index contributed by atoms with van der Waals surface area (Å²) in [5.41, 5.74) is 0.251. The highest BCUT2D eigenvalue weighted by Crippen LogP contribution is 2.15. The largest absolute Gasteiger partial charge is 0.490 e. The van der Waals surface area contributed by atoms with E-state index >= 15 is 0 Å². The molecule has 7 heteroatoms. The Balaban J connectivity index is 2.04. The number of hydrogen-bond acceptors (Lipinski definition) is 6. The molecule has 0 saturated carbocycles. The van der Waals surface area contributed by atoms with E-state index in [2.05, 4.69) is 0 Å². The van der Waals surface area contributed by atoms with Gasteiger partial charge in [-0.2, -0.15) is 0 Å². The van der Waals surface area contributed by atoms with Gasteiger partial charge in [-0.05, 0) is 42.8 Å². The van der Waals surface area contributed by atoms with Gasteiger partial charge in [-0.15, -0.1) is 0 Å². The Bertz CT molecular complexity index is 945. The Morgan fingerprint density at radius 3 is 2.33 bits per heavy atom. The van der Waals surface area contributed by atoms with Crippen molar-refractivity contribution in [2.75, 3.05) is 19.5 Å². The van der Waals surface area contributed by atoms with Crippen LogP contribution in [-0.4, -0.2) is 39.6 Å². The Morgan fingerprint density at radius 1 is 1.00 bits per heavy atom. The van der Waals surface area contributed by atoms with Crippen molar-refractivity contribution in [3.8, 4) is 5.75 Å². The molecule has 0 radical (unpaired) electrons. The van der Waals surface area contributed by atoms with Crippen molar-refractivity contribution in [2.45, 2.75) is 11.8 Å². The van der Waals surface area contributed by atoms with Crippen molar-refractivity contribution in [1.82, 2.24) is 0 Å². The molecule has 0 atom stereocenters. The number of sulfone groups is 1. The van der Waals surface area contributed by atoms with E-state index in [-0.39, 0.29) is 23.7 Å². The Kier molecular flexibility index (Phi) is 6.90. The van der Waals surface area contributed by atoms with E-state index in [1.54, 1.807) is 24.3 Å². The van der Waals surface area contributed by atoms with Crippen LogP contribution >= 0.6 is 0 Å². The maximum atomic E-state index is 12.2. The second-order valence-corrected chi connectivity index (χ2v) is 7.77. The monoisotopic (exact) mass is 388 g/mol. The van der Waals surface area contributed by atoms with Gasteiger partial charge in [-0.3, -0.25) is 4.79 Å². The molecule has 0 saturated heterocycles. The average Bonchev–Trinajstić information content (AvgIpc) is 2.63. The summed E-state index contributed by atoms with van der Waals surface area (Å²) >= 11 is 0. The van der Waals surface area contributed by atoms with Gasteiger partial charge in [-0.1, -0.05) is 30.3 Å². The van der Waals surface area contributed by atoms with E-state index in [1.807, 2.05) is 18.2 Å². The number of benzene rings is 2. The van der Waals surface area contributed by atoms with Gasteiger partial charge in [0.25, 0.3) is 0 Å². The van der Waals surface area contributed by atoms with E-state index in [1.165, 1.54) is 25.1 Å². The lowest BCUT2D eigenvalue weighted by Gasteiger charge is -2.08. The van der Waals surface area contributed by atoms with Crippen molar-refractivity contribution in [3.05, 3.63) is 65.7 Å². The molecular weight excluding hydrogens is 368 g/mol. The molecule has 27 heavy (non-hydrogen) atoms. The van der Waals surface area contributed by atoms with Gasteiger partial charge in [0.15, 0.2) is 15.6 Å². The number of carbonyl (C=O) groups is 2. The molecule has 0 aliphatic heterocycles. The number of Topliss-reactive ketones (excluding diaryl/α,β-unsaturated/α-hetero) is 1. The van der Waals surface area contributed by atoms with Crippen LogP contribution in [0.1, 0.15) is 12.5 Å². The van der Waals surface area contributed by atoms with E-state index < -0.39 is 21.6 Å². The predicted octanol–water partition coefficient (Wildman–Crippen LogP) is 2.68. The molecule has 2 rings (SSSR count). The smallest absolute Gasteiger partial charge is 0.341 e. The Morgan fingerprint density at radius 2 is 1.70 bits per heavy atom. The second kappa shape index (κ2) is 9.14. The summed E-state index contributed by atoms with van der Waals surface area (Å²) in [7, 11) is -3.39. The third-order valence-corrected chi connectivity index (χ3v) is 4.64. The van der Waals surface area contributed by atoms with Gasteiger partial charge >= 0.3 is 5.97 Å². The van der Waals surface area contributed by atoms with Crippen LogP contribution in [0, 0.1) is 0 Å². The molecule has 0 spiro atoms. The predicted molar refractivity (Wildman–Crippen MR) is 101 cm³/mol. The van der Waals surface area contributed by atoms with E-state index in [4.69, 9.17) is 9.47 Å². The highest BCUT2D eigenvalue weighted by atomic mass is 32.2.